The van der Waals surface area contributed by atoms with Gasteiger partial charge in [0.1, 0.15) is 5.75 Å². The number of thioether (sulfide) groups is 1. The summed E-state index contributed by atoms with van der Waals surface area (Å²) in [5.41, 5.74) is 1.49. The van der Waals surface area contributed by atoms with E-state index in [-0.39, 0.29) is 17.4 Å². The van der Waals surface area contributed by atoms with Gasteiger partial charge in [0.05, 0.1) is 12.4 Å². The van der Waals surface area contributed by atoms with Crippen LogP contribution in [-0.2, 0) is 4.79 Å². The van der Waals surface area contributed by atoms with Crippen molar-refractivity contribution < 1.29 is 18.7 Å². The molecule has 4 aromatic rings. The lowest BCUT2D eigenvalue weighted by Gasteiger charge is -2.17. The van der Waals surface area contributed by atoms with E-state index in [0.29, 0.717) is 23.3 Å². The van der Waals surface area contributed by atoms with Crippen LogP contribution >= 0.6 is 11.8 Å². The Labute approximate surface area is 207 Å². The largest absolute Gasteiger partial charge is 0.494 e. The Kier molecular flexibility index (Phi) is 7.99. The van der Waals surface area contributed by atoms with Gasteiger partial charge in [-0.25, -0.2) is 4.39 Å². The maximum Gasteiger partial charge on any atom is 0.234 e. The fourth-order valence-corrected chi connectivity index (χ4v) is 4.13. The van der Waals surface area contributed by atoms with Crippen LogP contribution in [0.1, 0.15) is 25.8 Å². The summed E-state index contributed by atoms with van der Waals surface area (Å²) in [6.45, 7) is 4.28. The van der Waals surface area contributed by atoms with E-state index in [1.54, 1.807) is 37.3 Å². The second-order valence-corrected chi connectivity index (χ2v) is 8.44. The molecule has 9 heteroatoms. The number of hydrogen-bond acceptors (Lipinski definition) is 6. The van der Waals surface area contributed by atoms with Crippen LogP contribution in [-0.4, -0.2) is 33.0 Å². The highest BCUT2D eigenvalue weighted by atomic mass is 32.2. The van der Waals surface area contributed by atoms with Crippen LogP contribution in [0.2, 0.25) is 0 Å². The zero-order chi connectivity index (χ0) is 24.6. The van der Waals surface area contributed by atoms with Crippen LogP contribution in [0.3, 0.4) is 0 Å². The molecule has 1 atom stereocenters. The molecule has 180 valence electrons. The topological polar surface area (TPSA) is 78.3 Å². The standard InChI is InChI=1S/C26H25FN4O3S/c1-3-33-21-15-13-19(14-16-21)28-24(32)17-35-26-30-29-25(31(26)20-9-5-4-6-10-20)18(2)34-23-12-8-7-11-22(23)27/h4-16,18H,3,17H2,1-2H3,(H,28,32). The number of halogens is 1. The number of aromatic nitrogens is 3. The molecule has 3 aromatic carbocycles. The fourth-order valence-electron chi connectivity index (χ4n) is 3.37. The first-order valence-electron chi connectivity index (χ1n) is 11.1. The third-order valence-electron chi connectivity index (χ3n) is 4.96. The van der Waals surface area contributed by atoms with Gasteiger partial charge in [0.15, 0.2) is 28.7 Å². The van der Waals surface area contributed by atoms with Gasteiger partial charge in [0.2, 0.25) is 5.91 Å². The molecule has 0 bridgehead atoms. The molecule has 0 spiro atoms. The zero-order valence-corrected chi connectivity index (χ0v) is 20.2. The lowest BCUT2D eigenvalue weighted by molar-refractivity contribution is -0.113. The Bertz CT molecular complexity index is 1270. The number of rotatable bonds is 10. The fraction of sp³-hybridized carbons (Fsp3) is 0.192. The van der Waals surface area contributed by atoms with E-state index in [2.05, 4.69) is 15.5 Å². The van der Waals surface area contributed by atoms with E-state index in [1.807, 2.05) is 54.0 Å². The van der Waals surface area contributed by atoms with E-state index in [4.69, 9.17) is 9.47 Å². The molecule has 1 amide bonds. The second kappa shape index (κ2) is 11.5. The molecular weight excluding hydrogens is 467 g/mol. The molecular formula is C26H25FN4O3S. The minimum absolute atomic E-state index is 0.126. The molecule has 0 radical (unpaired) electrons. The first-order valence-corrected chi connectivity index (χ1v) is 12.1. The summed E-state index contributed by atoms with van der Waals surface area (Å²) in [4.78, 5) is 12.6. The van der Waals surface area contributed by atoms with Crippen LogP contribution in [0.25, 0.3) is 5.69 Å². The van der Waals surface area contributed by atoms with Gasteiger partial charge >= 0.3 is 0 Å². The van der Waals surface area contributed by atoms with Crippen molar-refractivity contribution in [2.45, 2.75) is 25.1 Å². The van der Waals surface area contributed by atoms with Gasteiger partial charge in [-0.15, -0.1) is 10.2 Å². The molecule has 0 aliphatic rings. The molecule has 1 unspecified atom stereocenters. The van der Waals surface area contributed by atoms with Gasteiger partial charge in [0.25, 0.3) is 0 Å². The molecule has 7 nitrogen and oxygen atoms in total. The van der Waals surface area contributed by atoms with Gasteiger partial charge in [-0.3, -0.25) is 9.36 Å². The first kappa shape index (κ1) is 24.3. The predicted octanol–water partition coefficient (Wildman–Crippen LogP) is 5.68. The second-order valence-electron chi connectivity index (χ2n) is 7.50. The molecule has 0 aliphatic heterocycles. The summed E-state index contributed by atoms with van der Waals surface area (Å²) in [6, 6.07) is 22.9. The van der Waals surface area contributed by atoms with Crippen molar-refractivity contribution in [2.24, 2.45) is 0 Å². The third-order valence-corrected chi connectivity index (χ3v) is 5.89. The monoisotopic (exact) mass is 492 g/mol. The van der Waals surface area contributed by atoms with Gasteiger partial charge < -0.3 is 14.8 Å². The van der Waals surface area contributed by atoms with Gasteiger partial charge in [-0.1, -0.05) is 42.1 Å². The summed E-state index contributed by atoms with van der Waals surface area (Å²) in [6.07, 6.45) is -0.591. The number of carbonyl (C=O) groups is 1. The molecule has 0 saturated carbocycles. The number of carbonyl (C=O) groups excluding carboxylic acids is 1. The van der Waals surface area contributed by atoms with Crippen LogP contribution < -0.4 is 14.8 Å². The van der Waals surface area contributed by atoms with Crippen molar-refractivity contribution in [3.8, 4) is 17.2 Å². The third kappa shape index (κ3) is 6.19. The quantitative estimate of drug-likeness (QED) is 0.287. The van der Waals surface area contributed by atoms with Crippen molar-refractivity contribution in [3.05, 3.63) is 90.5 Å². The Morgan fingerprint density at radius 2 is 1.74 bits per heavy atom. The van der Waals surface area contributed by atoms with Crippen molar-refractivity contribution in [1.29, 1.82) is 0 Å². The number of ether oxygens (including phenoxy) is 2. The molecule has 0 aliphatic carbocycles. The number of para-hydroxylation sites is 2. The average Bonchev–Trinajstić information content (AvgIpc) is 3.30. The van der Waals surface area contributed by atoms with Crippen molar-refractivity contribution in [1.82, 2.24) is 14.8 Å². The Morgan fingerprint density at radius 1 is 1.03 bits per heavy atom. The zero-order valence-electron chi connectivity index (χ0n) is 19.3. The van der Waals surface area contributed by atoms with Gasteiger partial charge in [-0.05, 0) is 62.4 Å². The predicted molar refractivity (Wildman–Crippen MR) is 134 cm³/mol. The Morgan fingerprint density at radius 3 is 2.46 bits per heavy atom. The highest BCUT2D eigenvalue weighted by Gasteiger charge is 2.22. The number of nitrogens with zero attached hydrogens (tertiary/aromatic N) is 3. The van der Waals surface area contributed by atoms with Crippen molar-refractivity contribution in [3.63, 3.8) is 0 Å². The molecule has 35 heavy (non-hydrogen) atoms. The number of nitrogens with one attached hydrogen (secondary N) is 1. The van der Waals surface area contributed by atoms with Gasteiger partial charge in [0, 0.05) is 11.4 Å². The summed E-state index contributed by atoms with van der Waals surface area (Å²) in [5, 5.41) is 12.0. The molecule has 0 fully saturated rings. The summed E-state index contributed by atoms with van der Waals surface area (Å²) in [5.74, 6) is 0.862. The first-order chi connectivity index (χ1) is 17.0. The van der Waals surface area contributed by atoms with Crippen LogP contribution in [0, 0.1) is 5.82 Å². The molecule has 4 rings (SSSR count). The summed E-state index contributed by atoms with van der Waals surface area (Å²) >= 11 is 1.25. The van der Waals surface area contributed by atoms with E-state index < -0.39 is 11.9 Å². The minimum atomic E-state index is -0.591. The lowest BCUT2D eigenvalue weighted by Crippen LogP contribution is -2.15. The van der Waals surface area contributed by atoms with Gasteiger partial charge in [-0.2, -0.15) is 0 Å². The number of benzene rings is 3. The molecule has 0 saturated heterocycles. The normalized spacial score (nSPS) is 11.6. The van der Waals surface area contributed by atoms with Crippen molar-refractivity contribution >= 4 is 23.4 Å². The Hall–Kier alpha value is -3.85. The molecule has 1 aromatic heterocycles. The molecule has 1 N–H and O–H groups in total. The van der Waals surface area contributed by atoms with Crippen LogP contribution in [0.4, 0.5) is 10.1 Å². The number of anilines is 1. The van der Waals surface area contributed by atoms with E-state index in [9.17, 15) is 9.18 Å². The molecule has 1 heterocycles. The lowest BCUT2D eigenvalue weighted by atomic mass is 10.3. The minimum Gasteiger partial charge on any atom is -0.494 e. The smallest absolute Gasteiger partial charge is 0.234 e. The average molecular weight is 493 g/mol. The Balaban J connectivity index is 1.50. The van der Waals surface area contributed by atoms with E-state index in [0.717, 1.165) is 11.4 Å². The highest BCUT2D eigenvalue weighted by molar-refractivity contribution is 7.99. The van der Waals surface area contributed by atoms with Crippen LogP contribution in [0.5, 0.6) is 11.5 Å². The maximum atomic E-state index is 14.1. The maximum absolute atomic E-state index is 14.1. The summed E-state index contributed by atoms with van der Waals surface area (Å²) in [7, 11) is 0. The van der Waals surface area contributed by atoms with Crippen LogP contribution in [0.15, 0.2) is 84.0 Å². The van der Waals surface area contributed by atoms with Crippen molar-refractivity contribution in [2.75, 3.05) is 17.7 Å². The van der Waals surface area contributed by atoms with E-state index >= 15 is 0 Å². The SMILES string of the molecule is CCOc1ccc(NC(=O)CSc2nnc(C(C)Oc3ccccc3F)n2-c2ccccc2)cc1. The number of amides is 1. The highest BCUT2D eigenvalue weighted by Crippen LogP contribution is 2.29. The summed E-state index contributed by atoms with van der Waals surface area (Å²) < 4.78 is 27.2. The number of hydrogen-bond donors (Lipinski definition) is 1. The van der Waals surface area contributed by atoms with E-state index in [1.165, 1.54) is 17.8 Å².